The summed E-state index contributed by atoms with van der Waals surface area (Å²) in [6.45, 7) is 8.07. The number of rotatable bonds is 6. The summed E-state index contributed by atoms with van der Waals surface area (Å²) in [5, 5.41) is 12.2. The van der Waals surface area contributed by atoms with Crippen LogP contribution in [-0.2, 0) is 0 Å². The first-order chi connectivity index (χ1) is 13.0. The van der Waals surface area contributed by atoms with E-state index in [1.54, 1.807) is 6.07 Å². The fourth-order valence-electron chi connectivity index (χ4n) is 3.03. The number of nitrogens with one attached hydrogen (secondary N) is 1. The first-order valence-corrected chi connectivity index (χ1v) is 9.78. The summed E-state index contributed by atoms with van der Waals surface area (Å²) in [5.41, 5.74) is 1.48. The fraction of sp³-hybridized carbons (Fsp3) is 0.450. The molecule has 0 spiro atoms. The minimum absolute atomic E-state index is 0.0676. The van der Waals surface area contributed by atoms with Gasteiger partial charge < -0.3 is 15.1 Å². The molecule has 1 saturated heterocycles. The van der Waals surface area contributed by atoms with Gasteiger partial charge in [0.15, 0.2) is 5.69 Å². The first-order valence-electron chi connectivity index (χ1n) is 9.40. The molecule has 2 heterocycles. The quantitative estimate of drug-likeness (QED) is 0.821. The van der Waals surface area contributed by atoms with Gasteiger partial charge in [-0.25, -0.2) is 0 Å². The Bertz CT molecular complexity index is 757. The standard InChI is InChI=1S/C20H26ClN5O/c1-15(2)8-9-22-19-7-6-18(23-24-19)20(27)26-12-10-25(11-13-26)17-5-3-4-16(21)14-17/h3-7,14-15H,8-13H2,1-2H3,(H,22,24). The fourth-order valence-corrected chi connectivity index (χ4v) is 3.22. The van der Waals surface area contributed by atoms with Crippen molar-refractivity contribution in [2.75, 3.05) is 42.9 Å². The maximum atomic E-state index is 12.7. The lowest BCUT2D eigenvalue weighted by atomic mass is 10.1. The molecule has 1 aromatic heterocycles. The van der Waals surface area contributed by atoms with E-state index in [-0.39, 0.29) is 5.91 Å². The normalized spacial score (nSPS) is 14.5. The van der Waals surface area contributed by atoms with Crippen molar-refractivity contribution in [3.8, 4) is 0 Å². The number of carbonyl (C=O) groups excluding carboxylic acids is 1. The third-order valence-electron chi connectivity index (χ3n) is 4.65. The molecule has 7 heteroatoms. The Balaban J connectivity index is 1.53. The van der Waals surface area contributed by atoms with Crippen molar-refractivity contribution >= 4 is 29.0 Å². The molecule has 0 atom stereocenters. The molecule has 0 radical (unpaired) electrons. The summed E-state index contributed by atoms with van der Waals surface area (Å²) in [4.78, 5) is 16.7. The number of benzene rings is 1. The van der Waals surface area contributed by atoms with Gasteiger partial charge >= 0.3 is 0 Å². The van der Waals surface area contributed by atoms with Crippen molar-refractivity contribution in [2.24, 2.45) is 5.92 Å². The number of piperazine rings is 1. The Hall–Kier alpha value is -2.34. The maximum absolute atomic E-state index is 12.7. The van der Waals surface area contributed by atoms with Crippen molar-refractivity contribution in [2.45, 2.75) is 20.3 Å². The van der Waals surface area contributed by atoms with Crippen LogP contribution in [-0.4, -0.2) is 53.7 Å². The van der Waals surface area contributed by atoms with Crippen LogP contribution in [0.15, 0.2) is 36.4 Å². The summed E-state index contributed by atoms with van der Waals surface area (Å²) in [5.74, 6) is 1.27. The predicted molar refractivity (Wildman–Crippen MR) is 110 cm³/mol. The van der Waals surface area contributed by atoms with E-state index in [4.69, 9.17) is 11.6 Å². The molecule has 144 valence electrons. The SMILES string of the molecule is CC(C)CCNc1ccc(C(=O)N2CCN(c3cccc(Cl)c3)CC2)nn1. The van der Waals surface area contributed by atoms with Gasteiger partial charge in [-0.1, -0.05) is 31.5 Å². The summed E-state index contributed by atoms with van der Waals surface area (Å²) >= 11 is 6.07. The van der Waals surface area contributed by atoms with Crippen LogP contribution in [0.4, 0.5) is 11.5 Å². The highest BCUT2D eigenvalue weighted by atomic mass is 35.5. The molecule has 6 nitrogen and oxygen atoms in total. The van der Waals surface area contributed by atoms with Gasteiger partial charge in [-0.15, -0.1) is 10.2 Å². The highest BCUT2D eigenvalue weighted by molar-refractivity contribution is 6.30. The van der Waals surface area contributed by atoms with Gasteiger partial charge in [0.2, 0.25) is 0 Å². The molecule has 0 aliphatic carbocycles. The highest BCUT2D eigenvalue weighted by Crippen LogP contribution is 2.21. The van der Waals surface area contributed by atoms with Crippen LogP contribution >= 0.6 is 11.6 Å². The smallest absolute Gasteiger partial charge is 0.274 e. The second-order valence-corrected chi connectivity index (χ2v) is 7.61. The highest BCUT2D eigenvalue weighted by Gasteiger charge is 2.23. The third kappa shape index (κ3) is 5.32. The Morgan fingerprint density at radius 1 is 1.15 bits per heavy atom. The second-order valence-electron chi connectivity index (χ2n) is 7.17. The molecule has 3 rings (SSSR count). The monoisotopic (exact) mass is 387 g/mol. The van der Waals surface area contributed by atoms with E-state index in [0.717, 1.165) is 36.8 Å². The number of halogens is 1. The molecule has 1 amide bonds. The van der Waals surface area contributed by atoms with E-state index in [1.165, 1.54) is 0 Å². The Morgan fingerprint density at radius 3 is 2.56 bits per heavy atom. The van der Waals surface area contributed by atoms with Gasteiger partial charge in [-0.05, 0) is 42.7 Å². The number of hydrogen-bond acceptors (Lipinski definition) is 5. The van der Waals surface area contributed by atoms with Crippen LogP contribution in [0.25, 0.3) is 0 Å². The zero-order chi connectivity index (χ0) is 19.2. The van der Waals surface area contributed by atoms with E-state index in [2.05, 4.69) is 34.3 Å². The Kier molecular flexibility index (Phi) is 6.50. The van der Waals surface area contributed by atoms with Crippen LogP contribution < -0.4 is 10.2 Å². The van der Waals surface area contributed by atoms with Crippen molar-refractivity contribution in [1.82, 2.24) is 15.1 Å². The lowest BCUT2D eigenvalue weighted by Crippen LogP contribution is -2.49. The molecular weight excluding hydrogens is 362 g/mol. The van der Waals surface area contributed by atoms with Crippen LogP contribution in [0, 0.1) is 5.92 Å². The molecule has 0 bridgehead atoms. The van der Waals surface area contributed by atoms with Crippen LogP contribution in [0.5, 0.6) is 0 Å². The number of carbonyl (C=O) groups is 1. The summed E-state index contributed by atoms with van der Waals surface area (Å²) in [7, 11) is 0. The van der Waals surface area contributed by atoms with Gasteiger partial charge in [0.1, 0.15) is 5.82 Å². The minimum Gasteiger partial charge on any atom is -0.369 e. The van der Waals surface area contributed by atoms with E-state index >= 15 is 0 Å². The second kappa shape index (κ2) is 9.04. The van der Waals surface area contributed by atoms with Crippen LogP contribution in [0.3, 0.4) is 0 Å². The van der Waals surface area contributed by atoms with Gasteiger partial charge in [-0.2, -0.15) is 0 Å². The average molecular weight is 388 g/mol. The number of anilines is 2. The number of amides is 1. The molecule has 1 aliphatic heterocycles. The topological polar surface area (TPSA) is 61.4 Å². The molecule has 1 N–H and O–H groups in total. The molecule has 1 aromatic carbocycles. The van der Waals surface area contributed by atoms with Gasteiger partial charge in [-0.3, -0.25) is 4.79 Å². The number of aromatic nitrogens is 2. The largest absolute Gasteiger partial charge is 0.369 e. The molecular formula is C20H26ClN5O. The summed E-state index contributed by atoms with van der Waals surface area (Å²) < 4.78 is 0. The van der Waals surface area contributed by atoms with Crippen molar-refractivity contribution in [3.05, 3.63) is 47.1 Å². The molecule has 2 aromatic rings. The van der Waals surface area contributed by atoms with E-state index in [1.807, 2.05) is 35.2 Å². The Labute approximate surface area is 165 Å². The van der Waals surface area contributed by atoms with Gasteiger partial charge in [0.05, 0.1) is 0 Å². The van der Waals surface area contributed by atoms with Crippen LogP contribution in [0.2, 0.25) is 5.02 Å². The first kappa shape index (κ1) is 19.4. The van der Waals surface area contributed by atoms with E-state index in [9.17, 15) is 4.79 Å². The zero-order valence-electron chi connectivity index (χ0n) is 15.9. The third-order valence-corrected chi connectivity index (χ3v) is 4.89. The van der Waals surface area contributed by atoms with Crippen molar-refractivity contribution < 1.29 is 4.79 Å². The molecule has 27 heavy (non-hydrogen) atoms. The number of nitrogens with zero attached hydrogens (tertiary/aromatic N) is 4. The van der Waals surface area contributed by atoms with Gasteiger partial charge in [0.25, 0.3) is 5.91 Å². The maximum Gasteiger partial charge on any atom is 0.274 e. The molecule has 1 aliphatic rings. The summed E-state index contributed by atoms with van der Waals surface area (Å²) in [6, 6.07) is 11.4. The van der Waals surface area contributed by atoms with E-state index in [0.29, 0.717) is 30.5 Å². The van der Waals surface area contributed by atoms with E-state index < -0.39 is 0 Å². The number of hydrogen-bond donors (Lipinski definition) is 1. The van der Waals surface area contributed by atoms with Crippen molar-refractivity contribution in [3.63, 3.8) is 0 Å². The van der Waals surface area contributed by atoms with Gasteiger partial charge in [0, 0.05) is 43.4 Å². The van der Waals surface area contributed by atoms with Crippen molar-refractivity contribution in [1.29, 1.82) is 0 Å². The average Bonchev–Trinajstić information content (AvgIpc) is 2.68. The summed E-state index contributed by atoms with van der Waals surface area (Å²) in [6.07, 6.45) is 1.07. The van der Waals surface area contributed by atoms with Crippen LogP contribution in [0.1, 0.15) is 30.8 Å². The molecule has 1 fully saturated rings. The Morgan fingerprint density at radius 2 is 1.93 bits per heavy atom. The molecule has 0 saturated carbocycles. The predicted octanol–water partition coefficient (Wildman–Crippen LogP) is 3.55. The lowest BCUT2D eigenvalue weighted by molar-refractivity contribution is 0.0739. The lowest BCUT2D eigenvalue weighted by Gasteiger charge is -2.36. The molecule has 0 unspecified atom stereocenters. The zero-order valence-corrected chi connectivity index (χ0v) is 16.6. The minimum atomic E-state index is -0.0676.